The van der Waals surface area contributed by atoms with Gasteiger partial charge in [-0.3, -0.25) is 58.1 Å². The molecule has 11 N–H and O–H groups in total. The zero-order valence-corrected chi connectivity index (χ0v) is 38.3. The molecular formula is C41H51GdN13O12+3. The van der Waals surface area contributed by atoms with Crippen molar-refractivity contribution in [3.8, 4) is 0 Å². The summed E-state index contributed by atoms with van der Waals surface area (Å²) >= 11 is 0. The van der Waals surface area contributed by atoms with Crippen molar-refractivity contribution in [2.45, 2.75) is 25.4 Å². The number of benzene rings is 2. The van der Waals surface area contributed by atoms with Gasteiger partial charge in [-0.25, -0.2) is 14.8 Å². The molecule has 1 atom stereocenters. The van der Waals surface area contributed by atoms with Gasteiger partial charge < -0.3 is 47.4 Å². The van der Waals surface area contributed by atoms with E-state index in [9.17, 15) is 58.8 Å². The summed E-state index contributed by atoms with van der Waals surface area (Å²) in [6.45, 7) is 1.15. The van der Waals surface area contributed by atoms with Gasteiger partial charge in [0, 0.05) is 81.4 Å². The van der Waals surface area contributed by atoms with Crippen LogP contribution in [0.1, 0.15) is 28.9 Å². The number of nitrogens with zero attached hydrogens (tertiary/aromatic N) is 7. The van der Waals surface area contributed by atoms with E-state index in [1.165, 1.54) is 30.5 Å². The maximum absolute atomic E-state index is 13.2. The van der Waals surface area contributed by atoms with Crippen molar-refractivity contribution in [1.29, 1.82) is 0 Å². The van der Waals surface area contributed by atoms with Crippen molar-refractivity contribution < 1.29 is 93.9 Å². The Balaban J connectivity index is 0.00000980. The minimum absolute atomic E-state index is 0. The van der Waals surface area contributed by atoms with Gasteiger partial charge in [0.2, 0.25) is 17.8 Å². The van der Waals surface area contributed by atoms with E-state index in [0.29, 0.717) is 22.8 Å². The van der Waals surface area contributed by atoms with Gasteiger partial charge in [0.1, 0.15) is 6.04 Å². The van der Waals surface area contributed by atoms with Gasteiger partial charge in [-0.2, -0.15) is 4.98 Å². The SMILES string of the molecule is Nc1nc2ncc(CNc3ccc(C(=O)NC(CCC(=O)Nc4ccc(NC(=O)CN5CCN(CC(=O)O)CCN(CC(=O)O)CCN(CC(=O)O)CC5)cc4)C(=O)O)cc3)nc2c(=O)[nH]1.[Gd+3]. The number of amides is 3. The number of aromatic amines is 1. The van der Waals surface area contributed by atoms with Crippen LogP contribution in [-0.2, 0) is 35.3 Å². The summed E-state index contributed by atoms with van der Waals surface area (Å²) in [7, 11) is 0. The van der Waals surface area contributed by atoms with Crippen LogP contribution in [0, 0.1) is 39.9 Å². The summed E-state index contributed by atoms with van der Waals surface area (Å²) in [5.41, 5.74) is 7.08. The fraction of sp³-hybridized carbons (Fsp3) is 0.390. The van der Waals surface area contributed by atoms with Crippen LogP contribution in [0.2, 0.25) is 0 Å². The number of nitrogen functional groups attached to an aromatic ring is 1. The van der Waals surface area contributed by atoms with E-state index in [1.54, 1.807) is 43.9 Å². The molecule has 2 aromatic carbocycles. The Hall–Kier alpha value is -6.29. The van der Waals surface area contributed by atoms with E-state index < -0.39 is 53.2 Å². The molecule has 0 bridgehead atoms. The van der Waals surface area contributed by atoms with Gasteiger partial charge in [0.25, 0.3) is 11.5 Å². The topological polar surface area (TPSA) is 359 Å². The van der Waals surface area contributed by atoms with E-state index in [2.05, 4.69) is 41.2 Å². The van der Waals surface area contributed by atoms with Crippen molar-refractivity contribution in [1.82, 2.24) is 44.9 Å². The first-order valence-electron chi connectivity index (χ1n) is 20.6. The monoisotopic (exact) mass is 1080 g/mol. The van der Waals surface area contributed by atoms with Crippen molar-refractivity contribution in [2.24, 2.45) is 0 Å². The van der Waals surface area contributed by atoms with Gasteiger partial charge in [0.05, 0.1) is 44.6 Å². The molecule has 67 heavy (non-hydrogen) atoms. The average molecular weight is 1080 g/mol. The van der Waals surface area contributed by atoms with Crippen LogP contribution in [0.15, 0.2) is 59.5 Å². The van der Waals surface area contributed by atoms with Crippen LogP contribution in [0.4, 0.5) is 23.0 Å². The standard InChI is InChI=1S/C41H51N13O12.Gd/c42-41-49-37-36(39(64)50-41)47-29(20-44-37)19-43-26-3-1-25(2-4-26)38(63)48-30(40(65)66)9-10-31(55)45-27-5-7-28(8-6-27)46-32(56)21-51-11-13-52(22-33(57)58)15-17-54(24-35(61)62)18-16-53(14-12-51)23-34(59)60;/h1-8,20,30,43H,9-19,21-24H2,(H,45,55)(H,46,56)(H,48,63)(H,57,58)(H,59,60)(H,61,62)(H,65,66)(H3,42,44,49,50,64);/q;+3. The Bertz CT molecular complexity index is 2410. The van der Waals surface area contributed by atoms with Crippen LogP contribution >= 0.6 is 0 Å². The Morgan fingerprint density at radius 1 is 0.657 bits per heavy atom. The van der Waals surface area contributed by atoms with Gasteiger partial charge in [0.15, 0.2) is 11.2 Å². The number of nitrogens with one attached hydrogen (secondary N) is 5. The summed E-state index contributed by atoms with van der Waals surface area (Å²) < 4.78 is 0. The van der Waals surface area contributed by atoms with Crippen molar-refractivity contribution in [3.05, 3.63) is 76.3 Å². The maximum Gasteiger partial charge on any atom is 3.00 e. The fourth-order valence-corrected chi connectivity index (χ4v) is 6.81. The molecule has 1 radical (unpaired) electrons. The number of hydrogen-bond acceptors (Lipinski definition) is 17. The summed E-state index contributed by atoms with van der Waals surface area (Å²) in [6, 6.07) is 10.9. The molecule has 1 aliphatic heterocycles. The summed E-state index contributed by atoms with van der Waals surface area (Å²) in [4.78, 5) is 119. The molecule has 2 aromatic heterocycles. The van der Waals surface area contributed by atoms with E-state index >= 15 is 0 Å². The molecule has 3 heterocycles. The molecule has 25 nitrogen and oxygen atoms in total. The first-order valence-corrected chi connectivity index (χ1v) is 20.6. The molecule has 0 spiro atoms. The summed E-state index contributed by atoms with van der Waals surface area (Å²) in [6.07, 6.45) is 0.961. The third kappa shape index (κ3) is 18.1. The van der Waals surface area contributed by atoms with Gasteiger partial charge in [-0.15, -0.1) is 0 Å². The molecule has 0 aliphatic carbocycles. The quantitative estimate of drug-likeness (QED) is 0.0534. The van der Waals surface area contributed by atoms with E-state index in [1.807, 2.05) is 0 Å². The molecule has 357 valence electrons. The van der Waals surface area contributed by atoms with Crippen LogP contribution in [-0.4, -0.2) is 186 Å². The minimum Gasteiger partial charge on any atom is -0.480 e. The Morgan fingerprint density at radius 3 is 1.60 bits per heavy atom. The second-order valence-electron chi connectivity index (χ2n) is 15.3. The number of fused-ring (bicyclic) bond motifs is 1. The van der Waals surface area contributed by atoms with E-state index in [0.717, 1.165) is 0 Å². The Labute approximate surface area is 414 Å². The number of carbonyl (C=O) groups is 7. The summed E-state index contributed by atoms with van der Waals surface area (Å²) in [5, 5.41) is 49.0. The predicted octanol–water partition coefficient (Wildman–Crippen LogP) is -1.08. The first-order chi connectivity index (χ1) is 31.5. The predicted molar refractivity (Wildman–Crippen MR) is 237 cm³/mol. The smallest absolute Gasteiger partial charge is 0.480 e. The number of hydrogen-bond donors (Lipinski definition) is 10. The number of rotatable bonds is 19. The molecular weight excluding hydrogens is 1020 g/mol. The second kappa shape index (κ2) is 26.2. The van der Waals surface area contributed by atoms with Crippen LogP contribution < -0.4 is 32.6 Å². The average Bonchev–Trinajstić information content (AvgIpc) is 3.25. The number of carbonyl (C=O) groups excluding carboxylic acids is 3. The molecule has 26 heteroatoms. The van der Waals surface area contributed by atoms with Crippen molar-refractivity contribution in [3.63, 3.8) is 0 Å². The second-order valence-corrected chi connectivity index (χ2v) is 15.3. The van der Waals surface area contributed by atoms with Crippen molar-refractivity contribution in [2.75, 3.05) is 100 Å². The largest absolute Gasteiger partial charge is 3.00 e. The Morgan fingerprint density at radius 2 is 1.12 bits per heavy atom. The van der Waals surface area contributed by atoms with E-state index in [-0.39, 0.29) is 161 Å². The molecule has 1 aliphatic rings. The molecule has 0 saturated carbocycles. The maximum atomic E-state index is 13.2. The van der Waals surface area contributed by atoms with Crippen LogP contribution in [0.3, 0.4) is 0 Å². The zero-order valence-electron chi connectivity index (χ0n) is 36.0. The molecule has 5 rings (SSSR count). The van der Waals surface area contributed by atoms with Gasteiger partial charge in [-0.05, 0) is 55.0 Å². The number of anilines is 4. The van der Waals surface area contributed by atoms with Crippen LogP contribution in [0.5, 0.6) is 0 Å². The molecule has 1 saturated heterocycles. The number of aromatic nitrogens is 4. The number of carboxylic acid groups (broad SMARTS) is 4. The third-order valence-corrected chi connectivity index (χ3v) is 10.2. The zero-order chi connectivity index (χ0) is 47.8. The fourth-order valence-electron chi connectivity index (χ4n) is 6.81. The molecule has 1 unspecified atom stereocenters. The number of H-pyrrole nitrogens is 1. The summed E-state index contributed by atoms with van der Waals surface area (Å²) in [5.74, 6) is -6.22. The van der Waals surface area contributed by atoms with Crippen molar-refractivity contribution >= 4 is 75.8 Å². The molecule has 1 fully saturated rings. The van der Waals surface area contributed by atoms with Gasteiger partial charge >= 0.3 is 63.8 Å². The normalized spacial score (nSPS) is 14.9. The van der Waals surface area contributed by atoms with Gasteiger partial charge in [-0.1, -0.05) is 0 Å². The molecule has 3 amide bonds. The van der Waals surface area contributed by atoms with E-state index in [4.69, 9.17) is 5.73 Å². The minimum atomic E-state index is -1.39. The Kier molecular flexibility index (Phi) is 20.8. The number of aliphatic carboxylic acids is 4. The molecule has 4 aromatic rings. The number of carboxylic acids is 4. The van der Waals surface area contributed by atoms with Crippen LogP contribution in [0.25, 0.3) is 11.2 Å². The first kappa shape index (κ1) is 53.3. The third-order valence-electron chi connectivity index (χ3n) is 10.2. The number of nitrogens with two attached hydrogens (primary N) is 1.